The van der Waals surface area contributed by atoms with E-state index in [0.29, 0.717) is 31.0 Å². The molecule has 1 saturated heterocycles. The van der Waals surface area contributed by atoms with Crippen molar-refractivity contribution in [2.24, 2.45) is 17.6 Å². The molecule has 0 saturated carbocycles. The van der Waals surface area contributed by atoms with Gasteiger partial charge in [-0.05, 0) is 37.7 Å². The fourth-order valence-corrected chi connectivity index (χ4v) is 3.14. The van der Waals surface area contributed by atoms with Gasteiger partial charge in [0.15, 0.2) is 5.78 Å². The Bertz CT molecular complexity index is 595. The molecule has 0 spiro atoms. The molecule has 1 aromatic rings. The first-order valence-corrected chi connectivity index (χ1v) is 8.14. The van der Waals surface area contributed by atoms with Crippen molar-refractivity contribution in [3.63, 3.8) is 0 Å². The van der Waals surface area contributed by atoms with Crippen molar-refractivity contribution in [1.29, 1.82) is 0 Å². The maximum absolute atomic E-state index is 12.3. The molecular formula is C17H25N3O3. The van der Waals surface area contributed by atoms with E-state index < -0.39 is 6.04 Å². The number of nitrogens with two attached hydrogens (primary N) is 1. The largest absolute Gasteiger partial charge is 0.341 e. The summed E-state index contributed by atoms with van der Waals surface area (Å²) < 4.78 is 0. The lowest BCUT2D eigenvalue weighted by atomic mass is 9.82. The summed E-state index contributed by atoms with van der Waals surface area (Å²) in [6.07, 6.45) is 3.73. The van der Waals surface area contributed by atoms with Gasteiger partial charge in [0, 0.05) is 37.3 Å². The summed E-state index contributed by atoms with van der Waals surface area (Å²) in [5, 5.41) is 0. The predicted molar refractivity (Wildman–Crippen MR) is 88.1 cm³/mol. The molecule has 2 heterocycles. The molecule has 1 fully saturated rings. The third kappa shape index (κ3) is 4.51. The van der Waals surface area contributed by atoms with Crippen molar-refractivity contribution in [2.75, 3.05) is 13.1 Å². The zero-order chi connectivity index (χ0) is 17.0. The summed E-state index contributed by atoms with van der Waals surface area (Å²) in [5.74, 6) is 0.726. The molecule has 0 radical (unpaired) electrons. The first kappa shape index (κ1) is 17.4. The summed E-state index contributed by atoms with van der Waals surface area (Å²) in [6.45, 7) is 5.21. The van der Waals surface area contributed by atoms with Crippen LogP contribution in [-0.2, 0) is 4.79 Å². The Morgan fingerprint density at radius 3 is 2.48 bits per heavy atom. The molecule has 2 rings (SSSR count). The van der Waals surface area contributed by atoms with Gasteiger partial charge in [0.1, 0.15) is 0 Å². The highest BCUT2D eigenvalue weighted by Gasteiger charge is 2.28. The monoisotopic (exact) mass is 319 g/mol. The molecule has 1 aliphatic heterocycles. The van der Waals surface area contributed by atoms with Crippen LogP contribution >= 0.6 is 0 Å². The van der Waals surface area contributed by atoms with Crippen LogP contribution in [0.1, 0.15) is 43.5 Å². The number of ketones is 1. The average molecular weight is 319 g/mol. The van der Waals surface area contributed by atoms with Crippen molar-refractivity contribution in [2.45, 2.75) is 39.2 Å². The number of aromatic nitrogens is 1. The number of hydrogen-bond acceptors (Lipinski definition) is 4. The van der Waals surface area contributed by atoms with E-state index in [-0.39, 0.29) is 23.2 Å². The van der Waals surface area contributed by atoms with Gasteiger partial charge >= 0.3 is 0 Å². The molecule has 0 aliphatic carbocycles. The maximum atomic E-state index is 12.3. The van der Waals surface area contributed by atoms with Crippen LogP contribution in [0.3, 0.4) is 0 Å². The van der Waals surface area contributed by atoms with Crippen LogP contribution < -0.4 is 11.3 Å². The molecule has 6 heteroatoms. The average Bonchev–Trinajstić information content (AvgIpc) is 2.54. The first-order valence-electron chi connectivity index (χ1n) is 8.14. The van der Waals surface area contributed by atoms with Gasteiger partial charge in [-0.1, -0.05) is 6.92 Å². The molecule has 1 aromatic heterocycles. The minimum absolute atomic E-state index is 0.000388. The van der Waals surface area contributed by atoms with Crippen LogP contribution in [0.25, 0.3) is 0 Å². The summed E-state index contributed by atoms with van der Waals surface area (Å²) in [4.78, 5) is 39.5. The van der Waals surface area contributed by atoms with Gasteiger partial charge in [0.2, 0.25) is 11.5 Å². The van der Waals surface area contributed by atoms with Crippen molar-refractivity contribution < 1.29 is 9.59 Å². The lowest BCUT2D eigenvalue weighted by molar-refractivity contribution is -0.133. The normalized spacial score (nSPS) is 18.5. The van der Waals surface area contributed by atoms with E-state index in [2.05, 4.69) is 11.9 Å². The topological polar surface area (TPSA) is 96.3 Å². The lowest BCUT2D eigenvalue weighted by Crippen LogP contribution is -2.46. The number of hydrogen-bond donors (Lipinski definition) is 2. The third-order valence-corrected chi connectivity index (χ3v) is 4.66. The Morgan fingerprint density at radius 1 is 1.30 bits per heavy atom. The van der Waals surface area contributed by atoms with Crippen molar-refractivity contribution in [1.82, 2.24) is 9.88 Å². The van der Waals surface area contributed by atoms with Gasteiger partial charge < -0.3 is 15.6 Å². The van der Waals surface area contributed by atoms with Crippen LogP contribution in [0.15, 0.2) is 23.1 Å². The van der Waals surface area contributed by atoms with E-state index in [1.54, 1.807) is 13.0 Å². The minimum Gasteiger partial charge on any atom is -0.341 e. The zero-order valence-corrected chi connectivity index (χ0v) is 13.7. The molecule has 1 unspecified atom stereocenters. The number of piperidine rings is 1. The molecule has 3 N–H and O–H groups in total. The molecule has 6 nitrogen and oxygen atoms in total. The molecule has 23 heavy (non-hydrogen) atoms. The number of aromatic amines is 1. The van der Waals surface area contributed by atoms with Crippen LogP contribution in [0, 0.1) is 11.8 Å². The summed E-state index contributed by atoms with van der Waals surface area (Å²) in [6, 6.07) is 2.49. The third-order valence-electron chi connectivity index (χ3n) is 4.66. The Morgan fingerprint density at radius 2 is 1.96 bits per heavy atom. The number of carbonyl (C=O) groups excluding carboxylic acids is 2. The van der Waals surface area contributed by atoms with Crippen LogP contribution in [0.5, 0.6) is 0 Å². The fraction of sp³-hybridized carbons (Fsp3) is 0.588. The van der Waals surface area contributed by atoms with E-state index in [9.17, 15) is 14.4 Å². The first-order chi connectivity index (χ1) is 10.9. The van der Waals surface area contributed by atoms with E-state index in [1.807, 2.05) is 4.90 Å². The van der Waals surface area contributed by atoms with E-state index in [1.165, 1.54) is 12.3 Å². The second kappa shape index (κ2) is 7.55. The van der Waals surface area contributed by atoms with E-state index in [0.717, 1.165) is 12.8 Å². The second-order valence-corrected chi connectivity index (χ2v) is 6.50. The smallest absolute Gasteiger partial charge is 0.247 e. The lowest BCUT2D eigenvalue weighted by Gasteiger charge is -2.35. The SMILES string of the molecule is CC(CC(=O)c1ccc(=O)[nH]c1)C1CCN(C(=O)[C@H](C)N)CC1. The van der Waals surface area contributed by atoms with Gasteiger partial charge in [-0.2, -0.15) is 0 Å². The molecular weight excluding hydrogens is 294 g/mol. The summed E-state index contributed by atoms with van der Waals surface area (Å²) >= 11 is 0. The number of Topliss-reactive ketones (excluding diaryl/α,β-unsaturated/α-hetero) is 1. The van der Waals surface area contributed by atoms with Crippen molar-refractivity contribution >= 4 is 11.7 Å². The number of likely N-dealkylation sites (tertiary alicyclic amines) is 1. The maximum Gasteiger partial charge on any atom is 0.247 e. The standard InChI is InChI=1S/C17H25N3O3/c1-11(9-15(21)14-3-4-16(22)19-10-14)13-5-7-20(8-6-13)17(23)12(2)18/h3-4,10-13H,5-9,18H2,1-2H3,(H,19,22)/t11?,12-/m0/s1. The highest BCUT2D eigenvalue weighted by molar-refractivity contribution is 5.95. The number of nitrogens with zero attached hydrogens (tertiary/aromatic N) is 1. The molecule has 126 valence electrons. The summed E-state index contributed by atoms with van der Waals surface area (Å²) in [5.41, 5.74) is 5.98. The number of rotatable bonds is 5. The van der Waals surface area contributed by atoms with Gasteiger partial charge in [-0.25, -0.2) is 0 Å². The Balaban J connectivity index is 1.86. The van der Waals surface area contributed by atoms with Gasteiger partial charge in [0.25, 0.3) is 0 Å². The highest BCUT2D eigenvalue weighted by atomic mass is 16.2. The number of amides is 1. The highest BCUT2D eigenvalue weighted by Crippen LogP contribution is 2.28. The second-order valence-electron chi connectivity index (χ2n) is 6.50. The van der Waals surface area contributed by atoms with Crippen LogP contribution in [0.2, 0.25) is 0 Å². The van der Waals surface area contributed by atoms with Gasteiger partial charge in [-0.15, -0.1) is 0 Å². The number of H-pyrrole nitrogens is 1. The number of nitrogens with one attached hydrogen (secondary N) is 1. The number of carbonyl (C=O) groups is 2. The van der Waals surface area contributed by atoms with Crippen LogP contribution in [-0.4, -0.2) is 40.7 Å². The van der Waals surface area contributed by atoms with E-state index in [4.69, 9.17) is 5.73 Å². The Labute approximate surface area is 136 Å². The minimum atomic E-state index is -0.453. The molecule has 0 aromatic carbocycles. The zero-order valence-electron chi connectivity index (χ0n) is 13.7. The fourth-order valence-electron chi connectivity index (χ4n) is 3.14. The number of pyridine rings is 1. The molecule has 1 amide bonds. The van der Waals surface area contributed by atoms with Crippen molar-refractivity contribution in [3.05, 3.63) is 34.2 Å². The predicted octanol–water partition coefficient (Wildman–Crippen LogP) is 1.17. The molecule has 0 bridgehead atoms. The Kier molecular flexibility index (Phi) is 5.71. The molecule has 2 atom stereocenters. The molecule has 1 aliphatic rings. The summed E-state index contributed by atoms with van der Waals surface area (Å²) in [7, 11) is 0. The van der Waals surface area contributed by atoms with Gasteiger partial charge in [0.05, 0.1) is 6.04 Å². The quantitative estimate of drug-likeness (QED) is 0.796. The van der Waals surface area contributed by atoms with Gasteiger partial charge in [-0.3, -0.25) is 14.4 Å². The van der Waals surface area contributed by atoms with Crippen LogP contribution in [0.4, 0.5) is 0 Å². The van der Waals surface area contributed by atoms with Crippen molar-refractivity contribution in [3.8, 4) is 0 Å². The Hall–Kier alpha value is -1.95. The van der Waals surface area contributed by atoms with E-state index >= 15 is 0 Å².